The summed E-state index contributed by atoms with van der Waals surface area (Å²) in [7, 11) is 2.05. The molecule has 1 spiro atoms. The number of likely N-dealkylation sites (N-methyl/N-ethyl adjacent to an activating group) is 1. The molecule has 0 saturated heterocycles. The van der Waals surface area contributed by atoms with Gasteiger partial charge in [0.2, 0.25) is 5.91 Å². The zero-order chi connectivity index (χ0) is 12.8. The molecule has 1 aromatic carbocycles. The summed E-state index contributed by atoms with van der Waals surface area (Å²) in [6.45, 7) is 0. The van der Waals surface area contributed by atoms with Crippen molar-refractivity contribution < 1.29 is 4.79 Å². The van der Waals surface area contributed by atoms with Gasteiger partial charge in [-0.15, -0.1) is 0 Å². The minimum atomic E-state index is -0.327. The van der Waals surface area contributed by atoms with Crippen LogP contribution in [0.5, 0.6) is 0 Å². The molecule has 1 N–H and O–H groups in total. The van der Waals surface area contributed by atoms with Gasteiger partial charge in [-0.05, 0) is 31.0 Å². The number of anilines is 2. The van der Waals surface area contributed by atoms with E-state index in [2.05, 4.69) is 39.3 Å². The van der Waals surface area contributed by atoms with E-state index in [0.717, 1.165) is 41.5 Å². The maximum absolute atomic E-state index is 12.5. The first-order valence-corrected chi connectivity index (χ1v) is 7.28. The normalized spacial score (nSPS) is 21.7. The number of carbonyl (C=O) groups excluding carboxylic acids is 1. The fourth-order valence-electron chi connectivity index (χ4n) is 3.21. The van der Waals surface area contributed by atoms with Crippen LogP contribution in [0, 0.1) is 0 Å². The molecular weight excluding hydrogens is 292 g/mol. The third-order valence-corrected chi connectivity index (χ3v) is 4.81. The third kappa shape index (κ3) is 1.66. The van der Waals surface area contributed by atoms with E-state index >= 15 is 0 Å². The van der Waals surface area contributed by atoms with Crippen LogP contribution in [0.15, 0.2) is 22.7 Å². The Morgan fingerprint density at radius 1 is 1.28 bits per heavy atom. The highest BCUT2D eigenvalue weighted by Gasteiger charge is 2.46. The summed E-state index contributed by atoms with van der Waals surface area (Å²) in [6.07, 6.45) is 5.44. The Morgan fingerprint density at radius 2 is 2.00 bits per heavy atom. The van der Waals surface area contributed by atoms with Gasteiger partial charge in [-0.2, -0.15) is 0 Å². The van der Waals surface area contributed by atoms with Crippen molar-refractivity contribution >= 4 is 33.2 Å². The molecule has 4 heteroatoms. The van der Waals surface area contributed by atoms with Crippen LogP contribution in [-0.4, -0.2) is 18.5 Å². The second kappa shape index (κ2) is 4.26. The van der Waals surface area contributed by atoms with Gasteiger partial charge in [0.25, 0.3) is 0 Å². The lowest BCUT2D eigenvalue weighted by molar-refractivity contribution is -0.122. The summed E-state index contributed by atoms with van der Waals surface area (Å²) >= 11 is 3.51. The highest BCUT2D eigenvalue weighted by Crippen LogP contribution is 2.43. The molecule has 1 amide bonds. The molecule has 1 heterocycles. The Bertz CT molecular complexity index is 495. The molecule has 1 saturated carbocycles. The number of carbonyl (C=O) groups is 1. The zero-order valence-corrected chi connectivity index (χ0v) is 12.1. The van der Waals surface area contributed by atoms with Gasteiger partial charge in [-0.3, -0.25) is 4.79 Å². The van der Waals surface area contributed by atoms with Gasteiger partial charge < -0.3 is 10.2 Å². The predicted molar refractivity (Wildman–Crippen MR) is 77.0 cm³/mol. The molecule has 0 atom stereocenters. The molecule has 0 aromatic heterocycles. The van der Waals surface area contributed by atoms with Gasteiger partial charge in [0.1, 0.15) is 5.54 Å². The number of amides is 1. The summed E-state index contributed by atoms with van der Waals surface area (Å²) in [5.41, 5.74) is 1.71. The summed E-state index contributed by atoms with van der Waals surface area (Å²) < 4.78 is 1.05. The quantitative estimate of drug-likeness (QED) is 0.795. The van der Waals surface area contributed by atoms with Crippen molar-refractivity contribution in [1.82, 2.24) is 0 Å². The molecule has 1 aliphatic heterocycles. The first-order chi connectivity index (χ1) is 8.63. The summed E-state index contributed by atoms with van der Waals surface area (Å²) in [5.74, 6) is 0.166. The minimum absolute atomic E-state index is 0.166. The Kier molecular flexibility index (Phi) is 2.85. The van der Waals surface area contributed by atoms with E-state index in [1.165, 1.54) is 6.42 Å². The van der Waals surface area contributed by atoms with E-state index in [1.807, 2.05) is 12.1 Å². The fourth-order valence-corrected chi connectivity index (χ4v) is 3.56. The minimum Gasteiger partial charge on any atom is -0.358 e. The van der Waals surface area contributed by atoms with Crippen LogP contribution in [0.1, 0.15) is 32.1 Å². The van der Waals surface area contributed by atoms with Crippen molar-refractivity contribution in [1.29, 1.82) is 0 Å². The Labute approximate surface area is 116 Å². The van der Waals surface area contributed by atoms with Crippen molar-refractivity contribution in [2.24, 2.45) is 0 Å². The third-order valence-electron chi connectivity index (χ3n) is 4.31. The molecule has 0 radical (unpaired) electrons. The molecule has 3 nitrogen and oxygen atoms in total. The summed E-state index contributed by atoms with van der Waals surface area (Å²) in [4.78, 5) is 14.7. The van der Waals surface area contributed by atoms with Gasteiger partial charge in [0, 0.05) is 11.5 Å². The molecular formula is C14H17BrN2O. The second-order valence-corrected chi connectivity index (χ2v) is 6.18. The lowest BCUT2D eigenvalue weighted by Crippen LogP contribution is -2.59. The van der Waals surface area contributed by atoms with E-state index in [0.29, 0.717) is 0 Å². The van der Waals surface area contributed by atoms with Gasteiger partial charge in [0.15, 0.2) is 0 Å². The number of halogens is 1. The van der Waals surface area contributed by atoms with Crippen LogP contribution in [0.4, 0.5) is 11.4 Å². The van der Waals surface area contributed by atoms with Crippen molar-refractivity contribution in [3.8, 4) is 0 Å². The Balaban J connectivity index is 2.07. The predicted octanol–water partition coefficient (Wildman–Crippen LogP) is 3.54. The Morgan fingerprint density at radius 3 is 2.72 bits per heavy atom. The van der Waals surface area contributed by atoms with Gasteiger partial charge in [-0.25, -0.2) is 0 Å². The van der Waals surface area contributed by atoms with Gasteiger partial charge in [-0.1, -0.05) is 35.2 Å². The molecule has 0 unspecified atom stereocenters. The van der Waals surface area contributed by atoms with Gasteiger partial charge in [0.05, 0.1) is 11.4 Å². The number of hydrogen-bond donors (Lipinski definition) is 1. The number of rotatable bonds is 0. The van der Waals surface area contributed by atoms with E-state index in [-0.39, 0.29) is 11.4 Å². The average Bonchev–Trinajstić information content (AvgIpc) is 2.39. The van der Waals surface area contributed by atoms with Gasteiger partial charge >= 0.3 is 0 Å². The van der Waals surface area contributed by atoms with Crippen molar-refractivity contribution in [2.45, 2.75) is 37.6 Å². The lowest BCUT2D eigenvalue weighted by atomic mass is 9.78. The van der Waals surface area contributed by atoms with Crippen LogP contribution in [-0.2, 0) is 4.79 Å². The highest BCUT2D eigenvalue weighted by molar-refractivity contribution is 9.10. The number of nitrogens with zero attached hydrogens (tertiary/aromatic N) is 1. The lowest BCUT2D eigenvalue weighted by Gasteiger charge is -2.48. The molecule has 18 heavy (non-hydrogen) atoms. The Hall–Kier alpha value is -1.03. The van der Waals surface area contributed by atoms with Crippen molar-refractivity contribution in [3.63, 3.8) is 0 Å². The average molecular weight is 309 g/mol. The fraction of sp³-hybridized carbons (Fsp3) is 0.500. The first kappa shape index (κ1) is 12.0. The number of benzene rings is 1. The molecule has 96 valence electrons. The second-order valence-electron chi connectivity index (χ2n) is 5.27. The molecule has 1 aromatic rings. The van der Waals surface area contributed by atoms with E-state index in [4.69, 9.17) is 0 Å². The van der Waals surface area contributed by atoms with Crippen LogP contribution in [0.2, 0.25) is 0 Å². The highest BCUT2D eigenvalue weighted by atomic mass is 79.9. The number of hydrogen-bond acceptors (Lipinski definition) is 2. The van der Waals surface area contributed by atoms with Crippen LogP contribution < -0.4 is 10.2 Å². The largest absolute Gasteiger partial charge is 0.358 e. The standard InChI is InChI=1S/C14H17BrN2O/c1-17-12-9-10(15)5-6-11(12)16-13(18)14(17)7-3-2-4-8-14/h5-6,9H,2-4,7-8H2,1H3,(H,16,18). The topological polar surface area (TPSA) is 32.3 Å². The van der Waals surface area contributed by atoms with Crippen molar-refractivity contribution in [3.05, 3.63) is 22.7 Å². The molecule has 0 bridgehead atoms. The van der Waals surface area contributed by atoms with Crippen LogP contribution in [0.25, 0.3) is 0 Å². The molecule has 2 aliphatic rings. The van der Waals surface area contributed by atoms with Crippen LogP contribution >= 0.6 is 15.9 Å². The van der Waals surface area contributed by atoms with E-state index in [1.54, 1.807) is 0 Å². The number of fused-ring (bicyclic) bond motifs is 1. The summed E-state index contributed by atoms with van der Waals surface area (Å²) in [6, 6.07) is 6.01. The SMILES string of the molecule is CN1c2cc(Br)ccc2NC(=O)C12CCCCC2. The molecule has 3 rings (SSSR count). The molecule has 1 aliphatic carbocycles. The van der Waals surface area contributed by atoms with E-state index < -0.39 is 0 Å². The molecule has 1 fully saturated rings. The number of nitrogens with one attached hydrogen (secondary N) is 1. The maximum Gasteiger partial charge on any atom is 0.250 e. The van der Waals surface area contributed by atoms with Crippen molar-refractivity contribution in [2.75, 3.05) is 17.3 Å². The smallest absolute Gasteiger partial charge is 0.250 e. The zero-order valence-electron chi connectivity index (χ0n) is 10.5. The maximum atomic E-state index is 12.5. The monoisotopic (exact) mass is 308 g/mol. The van der Waals surface area contributed by atoms with E-state index in [9.17, 15) is 4.79 Å². The first-order valence-electron chi connectivity index (χ1n) is 6.48. The van der Waals surface area contributed by atoms with Crippen LogP contribution in [0.3, 0.4) is 0 Å². The summed E-state index contributed by atoms with van der Waals surface area (Å²) in [5, 5.41) is 3.08.